The average molecular weight is 233 g/mol. The molecular weight excluding hydrogens is 218 g/mol. The van der Waals surface area contributed by atoms with Crippen LogP contribution in [0, 0.1) is 5.21 Å². The molecule has 90 valence electrons. The number of anilines is 2. The molecule has 0 spiro atoms. The molecule has 0 amide bonds. The van der Waals surface area contributed by atoms with Gasteiger partial charge in [0.25, 0.3) is 11.5 Å². The molecule has 2 rings (SSSR count). The minimum atomic E-state index is -0.00731. The van der Waals surface area contributed by atoms with E-state index in [0.29, 0.717) is 15.9 Å². The number of para-hydroxylation sites is 1. The van der Waals surface area contributed by atoms with Crippen molar-refractivity contribution < 1.29 is 4.85 Å². The molecule has 0 fully saturated rings. The first kappa shape index (κ1) is 11.4. The Labute approximate surface area is 99.3 Å². The fourth-order valence-corrected chi connectivity index (χ4v) is 1.89. The molecule has 0 saturated carbocycles. The van der Waals surface area contributed by atoms with Gasteiger partial charge in [0.2, 0.25) is 0 Å². The van der Waals surface area contributed by atoms with E-state index in [4.69, 9.17) is 5.73 Å². The van der Waals surface area contributed by atoms with E-state index in [-0.39, 0.29) is 5.95 Å². The van der Waals surface area contributed by atoms with Crippen LogP contribution in [0.4, 0.5) is 11.6 Å². The van der Waals surface area contributed by atoms with E-state index < -0.39 is 0 Å². The molecule has 6 heteroatoms. The van der Waals surface area contributed by atoms with Gasteiger partial charge in [-0.2, -0.15) is 4.98 Å². The minimum Gasteiger partial charge on any atom is -0.594 e. The number of nitrogens with zero attached hydrogens (tertiary/aromatic N) is 4. The third-order valence-electron chi connectivity index (χ3n) is 2.72. The first-order valence-corrected chi connectivity index (χ1v) is 5.58. The molecule has 2 N–H and O–H groups in total. The molecular formula is C11H15N5O. The largest absolute Gasteiger partial charge is 0.594 e. The lowest BCUT2D eigenvalue weighted by molar-refractivity contribution is -0.641. The molecule has 0 bridgehead atoms. The highest BCUT2D eigenvalue weighted by Gasteiger charge is 2.15. The van der Waals surface area contributed by atoms with Crippen LogP contribution in [0.15, 0.2) is 18.2 Å². The molecule has 1 aromatic heterocycles. The van der Waals surface area contributed by atoms with Gasteiger partial charge in [-0.15, -0.1) is 0 Å². The second-order valence-electron chi connectivity index (χ2n) is 3.66. The van der Waals surface area contributed by atoms with Crippen molar-refractivity contribution in [3.8, 4) is 0 Å². The SMILES string of the molecule is CCN(CC)c1cccc2c1nc(N)n[n+]2[O-]. The fourth-order valence-electron chi connectivity index (χ4n) is 1.89. The fraction of sp³-hybridized carbons (Fsp3) is 0.364. The van der Waals surface area contributed by atoms with Crippen LogP contribution in [0.25, 0.3) is 11.0 Å². The third kappa shape index (κ3) is 1.93. The zero-order chi connectivity index (χ0) is 12.4. The summed E-state index contributed by atoms with van der Waals surface area (Å²) in [6, 6.07) is 5.44. The number of aromatic nitrogens is 3. The quantitative estimate of drug-likeness (QED) is 0.623. The Hall–Kier alpha value is -2.11. The van der Waals surface area contributed by atoms with Crippen molar-refractivity contribution in [2.45, 2.75) is 13.8 Å². The van der Waals surface area contributed by atoms with Crippen LogP contribution in [0.2, 0.25) is 0 Å². The molecule has 2 aromatic rings. The van der Waals surface area contributed by atoms with Crippen molar-refractivity contribution in [1.82, 2.24) is 10.1 Å². The van der Waals surface area contributed by atoms with Crippen LogP contribution < -0.4 is 15.5 Å². The minimum absolute atomic E-state index is 0.00731. The Morgan fingerprint density at radius 2 is 2.06 bits per heavy atom. The standard InChI is InChI=1S/C11H15N5O/c1-3-15(4-2)8-6-5-7-9-10(8)13-11(12)14-16(9)17/h5-7H,3-4H2,1-2H3,(H2,12,13,14). The van der Waals surface area contributed by atoms with Gasteiger partial charge in [0, 0.05) is 19.2 Å². The molecule has 0 unspecified atom stereocenters. The van der Waals surface area contributed by atoms with E-state index in [2.05, 4.69) is 28.8 Å². The summed E-state index contributed by atoms with van der Waals surface area (Å²) >= 11 is 0. The zero-order valence-electron chi connectivity index (χ0n) is 9.92. The van der Waals surface area contributed by atoms with Gasteiger partial charge in [-0.25, -0.2) is 0 Å². The molecule has 0 aliphatic heterocycles. The molecule has 17 heavy (non-hydrogen) atoms. The second-order valence-corrected chi connectivity index (χ2v) is 3.66. The van der Waals surface area contributed by atoms with E-state index in [9.17, 15) is 5.21 Å². The third-order valence-corrected chi connectivity index (χ3v) is 2.72. The Balaban J connectivity index is 2.72. The summed E-state index contributed by atoms with van der Waals surface area (Å²) < 4.78 is 0. The number of hydrogen-bond donors (Lipinski definition) is 1. The number of hydrogen-bond acceptors (Lipinski definition) is 5. The lowest BCUT2D eigenvalue weighted by Gasteiger charge is -2.21. The Morgan fingerprint density at radius 3 is 2.71 bits per heavy atom. The van der Waals surface area contributed by atoms with E-state index in [1.54, 1.807) is 6.07 Å². The van der Waals surface area contributed by atoms with E-state index in [1.165, 1.54) is 0 Å². The van der Waals surface area contributed by atoms with E-state index in [1.807, 2.05) is 12.1 Å². The predicted octanol–water partition coefficient (Wildman–Crippen LogP) is 0.692. The summed E-state index contributed by atoms with van der Waals surface area (Å²) in [6.45, 7) is 5.80. The molecule has 6 nitrogen and oxygen atoms in total. The van der Waals surface area contributed by atoms with Gasteiger partial charge >= 0.3 is 0 Å². The maximum atomic E-state index is 11.6. The highest BCUT2D eigenvalue weighted by atomic mass is 16.5. The summed E-state index contributed by atoms with van der Waals surface area (Å²) in [4.78, 5) is 6.80. The molecule has 0 radical (unpaired) electrons. The lowest BCUT2D eigenvalue weighted by atomic mass is 10.2. The van der Waals surface area contributed by atoms with Crippen LogP contribution in [0.1, 0.15) is 13.8 Å². The number of benzene rings is 1. The average Bonchev–Trinajstić information content (AvgIpc) is 2.31. The number of rotatable bonds is 3. The summed E-state index contributed by atoms with van der Waals surface area (Å²) in [5.74, 6) is -0.00731. The molecule has 0 saturated heterocycles. The number of fused-ring (bicyclic) bond motifs is 1. The maximum Gasteiger partial charge on any atom is 0.288 e. The number of nitrogen functional groups attached to an aromatic ring is 1. The van der Waals surface area contributed by atoms with Crippen LogP contribution in [-0.4, -0.2) is 23.2 Å². The maximum absolute atomic E-state index is 11.6. The van der Waals surface area contributed by atoms with Crippen LogP contribution >= 0.6 is 0 Å². The van der Waals surface area contributed by atoms with Crippen molar-refractivity contribution in [3.63, 3.8) is 0 Å². The van der Waals surface area contributed by atoms with Crippen LogP contribution in [0.5, 0.6) is 0 Å². The van der Waals surface area contributed by atoms with Gasteiger partial charge in [-0.05, 0) is 24.8 Å². The first-order valence-electron chi connectivity index (χ1n) is 5.58. The molecule has 0 aliphatic rings. The van der Waals surface area contributed by atoms with Gasteiger partial charge in [0.1, 0.15) is 0 Å². The lowest BCUT2D eigenvalue weighted by Crippen LogP contribution is -2.34. The van der Waals surface area contributed by atoms with Crippen molar-refractivity contribution >= 4 is 22.7 Å². The highest BCUT2D eigenvalue weighted by molar-refractivity contribution is 5.86. The molecule has 1 aromatic carbocycles. The first-order chi connectivity index (χ1) is 8.17. The Bertz CT molecular complexity index is 539. The van der Waals surface area contributed by atoms with Crippen LogP contribution in [0.3, 0.4) is 0 Å². The van der Waals surface area contributed by atoms with Gasteiger partial charge in [0.15, 0.2) is 5.52 Å². The monoisotopic (exact) mass is 233 g/mol. The summed E-state index contributed by atoms with van der Waals surface area (Å²) in [5.41, 5.74) is 7.45. The normalized spacial score (nSPS) is 10.7. The van der Waals surface area contributed by atoms with E-state index >= 15 is 0 Å². The van der Waals surface area contributed by atoms with E-state index in [0.717, 1.165) is 18.8 Å². The van der Waals surface area contributed by atoms with Gasteiger partial charge in [-0.3, -0.25) is 0 Å². The summed E-state index contributed by atoms with van der Waals surface area (Å²) in [7, 11) is 0. The smallest absolute Gasteiger partial charge is 0.288 e. The Kier molecular flexibility index (Phi) is 2.95. The van der Waals surface area contributed by atoms with Gasteiger partial charge in [-0.1, -0.05) is 6.07 Å². The summed E-state index contributed by atoms with van der Waals surface area (Å²) in [6.07, 6.45) is 0. The predicted molar refractivity (Wildman–Crippen MR) is 66.5 cm³/mol. The Morgan fingerprint density at radius 1 is 1.35 bits per heavy atom. The molecule has 1 heterocycles. The zero-order valence-corrected chi connectivity index (χ0v) is 9.92. The van der Waals surface area contributed by atoms with Crippen LogP contribution in [-0.2, 0) is 0 Å². The van der Waals surface area contributed by atoms with Crippen molar-refractivity contribution in [1.29, 1.82) is 0 Å². The topological polar surface area (TPSA) is 82.0 Å². The van der Waals surface area contributed by atoms with Gasteiger partial charge in [0.05, 0.1) is 10.8 Å². The molecule has 0 atom stereocenters. The second kappa shape index (κ2) is 4.40. The van der Waals surface area contributed by atoms with Crippen molar-refractivity contribution in [2.75, 3.05) is 23.7 Å². The van der Waals surface area contributed by atoms with Gasteiger partial charge < -0.3 is 15.8 Å². The molecule has 0 aliphatic carbocycles. The summed E-state index contributed by atoms with van der Waals surface area (Å²) in [5, 5.41) is 15.2. The highest BCUT2D eigenvalue weighted by Crippen LogP contribution is 2.22. The van der Waals surface area contributed by atoms with Crippen molar-refractivity contribution in [2.24, 2.45) is 0 Å². The van der Waals surface area contributed by atoms with Crippen molar-refractivity contribution in [3.05, 3.63) is 23.4 Å². The number of nitrogens with two attached hydrogens (primary N) is 1.